The third-order valence-corrected chi connectivity index (χ3v) is 2.51. The summed E-state index contributed by atoms with van der Waals surface area (Å²) in [5.41, 5.74) is 14.1. The molecular formula is C12H19N2O. The molecule has 0 fully saturated rings. The Hall–Kier alpha value is -1.22. The Morgan fingerprint density at radius 2 is 1.73 bits per heavy atom. The van der Waals surface area contributed by atoms with Crippen molar-refractivity contribution in [3.8, 4) is 0 Å². The number of rotatable bonds is 6. The number of nitrogens with two attached hydrogens (primary N) is 2. The van der Waals surface area contributed by atoms with Crippen molar-refractivity contribution in [2.75, 3.05) is 18.1 Å². The Morgan fingerprint density at radius 3 is 2.40 bits per heavy atom. The Bertz CT molecular complexity index is 300. The lowest BCUT2D eigenvalue weighted by atomic mass is 10.0. The van der Waals surface area contributed by atoms with Gasteiger partial charge in [0.2, 0.25) is 0 Å². The van der Waals surface area contributed by atoms with Crippen molar-refractivity contribution in [3.05, 3.63) is 23.8 Å². The van der Waals surface area contributed by atoms with Gasteiger partial charge in [-0.05, 0) is 37.0 Å². The van der Waals surface area contributed by atoms with Gasteiger partial charge in [0.05, 0.1) is 6.61 Å². The van der Waals surface area contributed by atoms with E-state index in [1.165, 1.54) is 0 Å². The molecule has 3 heteroatoms. The van der Waals surface area contributed by atoms with Gasteiger partial charge >= 0.3 is 0 Å². The van der Waals surface area contributed by atoms with Gasteiger partial charge in [-0.15, -0.1) is 0 Å². The third-order valence-electron chi connectivity index (χ3n) is 2.51. The summed E-state index contributed by atoms with van der Waals surface area (Å²) in [5, 5.41) is 10.2. The van der Waals surface area contributed by atoms with Gasteiger partial charge in [0.15, 0.2) is 0 Å². The molecule has 1 radical (unpaired) electrons. The maximum Gasteiger partial charge on any atom is 0.0822 e. The number of anilines is 2. The zero-order valence-electron chi connectivity index (χ0n) is 9.04. The van der Waals surface area contributed by atoms with Gasteiger partial charge in [0.25, 0.3) is 0 Å². The van der Waals surface area contributed by atoms with Crippen molar-refractivity contribution in [3.63, 3.8) is 0 Å². The Labute approximate surface area is 91.1 Å². The highest BCUT2D eigenvalue weighted by molar-refractivity contribution is 5.56. The zero-order chi connectivity index (χ0) is 11.1. The molecule has 0 amide bonds. The van der Waals surface area contributed by atoms with Crippen LogP contribution in [0, 0.1) is 0 Å². The molecule has 3 nitrogen and oxygen atoms in total. The topological polar surface area (TPSA) is 71.9 Å². The first kappa shape index (κ1) is 11.9. The monoisotopic (exact) mass is 207 g/mol. The molecule has 1 rings (SSSR count). The van der Waals surface area contributed by atoms with Crippen LogP contribution in [0.1, 0.15) is 31.2 Å². The molecule has 0 spiro atoms. The fourth-order valence-corrected chi connectivity index (χ4v) is 1.61. The SMILES string of the molecule is Nc1ccc(CCCCCC[O])c(N)c1. The summed E-state index contributed by atoms with van der Waals surface area (Å²) >= 11 is 0. The molecule has 0 heterocycles. The van der Waals surface area contributed by atoms with E-state index in [2.05, 4.69) is 0 Å². The van der Waals surface area contributed by atoms with Crippen molar-refractivity contribution in [2.24, 2.45) is 0 Å². The van der Waals surface area contributed by atoms with E-state index in [0.29, 0.717) is 5.69 Å². The number of benzene rings is 1. The Balaban J connectivity index is 2.31. The summed E-state index contributed by atoms with van der Waals surface area (Å²) in [4.78, 5) is 0. The van der Waals surface area contributed by atoms with Crippen LogP contribution in [0.25, 0.3) is 0 Å². The summed E-state index contributed by atoms with van der Waals surface area (Å²) < 4.78 is 0. The molecule has 0 saturated heterocycles. The third kappa shape index (κ3) is 4.21. The summed E-state index contributed by atoms with van der Waals surface area (Å²) in [6.45, 7) is 0.0456. The maximum absolute atomic E-state index is 10.2. The molecule has 0 aromatic heterocycles. The predicted octanol–water partition coefficient (Wildman–Crippen LogP) is 2.38. The van der Waals surface area contributed by atoms with E-state index in [4.69, 9.17) is 11.5 Å². The maximum atomic E-state index is 10.2. The average Bonchev–Trinajstić information content (AvgIpc) is 2.20. The lowest BCUT2D eigenvalue weighted by Crippen LogP contribution is -1.96. The molecule has 0 saturated carbocycles. The lowest BCUT2D eigenvalue weighted by molar-refractivity contribution is 0.186. The number of hydrogen-bond acceptors (Lipinski definition) is 2. The van der Waals surface area contributed by atoms with E-state index in [-0.39, 0.29) is 6.61 Å². The molecule has 0 aliphatic rings. The van der Waals surface area contributed by atoms with Gasteiger partial charge in [0, 0.05) is 11.4 Å². The average molecular weight is 207 g/mol. The molecule has 4 N–H and O–H groups in total. The molecule has 0 unspecified atom stereocenters. The second-order valence-corrected chi connectivity index (χ2v) is 3.83. The van der Waals surface area contributed by atoms with Crippen molar-refractivity contribution in [1.29, 1.82) is 0 Å². The second kappa shape index (κ2) is 6.30. The highest BCUT2D eigenvalue weighted by Gasteiger charge is 1.99. The molecule has 1 aromatic carbocycles. The summed E-state index contributed by atoms with van der Waals surface area (Å²) in [6, 6.07) is 5.66. The van der Waals surface area contributed by atoms with Crippen molar-refractivity contribution < 1.29 is 5.11 Å². The number of aryl methyl sites for hydroxylation is 1. The van der Waals surface area contributed by atoms with Crippen LogP contribution in [-0.4, -0.2) is 6.61 Å². The number of nitrogen functional groups attached to an aromatic ring is 2. The predicted molar refractivity (Wildman–Crippen MR) is 63.0 cm³/mol. The zero-order valence-corrected chi connectivity index (χ0v) is 9.04. The molecular weight excluding hydrogens is 188 g/mol. The summed E-state index contributed by atoms with van der Waals surface area (Å²) in [6.07, 6.45) is 4.99. The van der Waals surface area contributed by atoms with Crippen LogP contribution in [0.2, 0.25) is 0 Å². The molecule has 15 heavy (non-hydrogen) atoms. The van der Waals surface area contributed by atoms with Crippen LogP contribution in [0.15, 0.2) is 18.2 Å². The normalized spacial score (nSPS) is 10.5. The summed E-state index contributed by atoms with van der Waals surface area (Å²) in [5.74, 6) is 0. The van der Waals surface area contributed by atoms with Gasteiger partial charge in [-0.25, -0.2) is 5.11 Å². The molecule has 0 atom stereocenters. The van der Waals surface area contributed by atoms with E-state index in [1.54, 1.807) is 6.07 Å². The Kier molecular flexibility index (Phi) is 4.98. The molecule has 0 aliphatic carbocycles. The van der Waals surface area contributed by atoms with Crippen LogP contribution in [0.5, 0.6) is 0 Å². The minimum absolute atomic E-state index is 0.0456. The lowest BCUT2D eigenvalue weighted by Gasteiger charge is -2.06. The van der Waals surface area contributed by atoms with E-state index < -0.39 is 0 Å². The van der Waals surface area contributed by atoms with E-state index in [9.17, 15) is 5.11 Å². The van der Waals surface area contributed by atoms with Gasteiger partial charge < -0.3 is 11.5 Å². The van der Waals surface area contributed by atoms with Crippen LogP contribution >= 0.6 is 0 Å². The number of unbranched alkanes of at least 4 members (excludes halogenated alkanes) is 3. The van der Waals surface area contributed by atoms with Gasteiger partial charge in [-0.3, -0.25) is 0 Å². The van der Waals surface area contributed by atoms with Crippen LogP contribution in [-0.2, 0) is 11.5 Å². The van der Waals surface area contributed by atoms with Crippen LogP contribution in [0.3, 0.4) is 0 Å². The van der Waals surface area contributed by atoms with Crippen LogP contribution in [0.4, 0.5) is 11.4 Å². The van der Waals surface area contributed by atoms with Gasteiger partial charge in [-0.1, -0.05) is 18.9 Å². The molecule has 0 bridgehead atoms. The minimum Gasteiger partial charge on any atom is -0.399 e. The first-order chi connectivity index (χ1) is 7.24. The Morgan fingerprint density at radius 1 is 1.00 bits per heavy atom. The summed E-state index contributed by atoms with van der Waals surface area (Å²) in [7, 11) is 0. The quantitative estimate of drug-likeness (QED) is 0.555. The highest BCUT2D eigenvalue weighted by Crippen LogP contribution is 2.18. The van der Waals surface area contributed by atoms with Gasteiger partial charge in [0.1, 0.15) is 0 Å². The van der Waals surface area contributed by atoms with Gasteiger partial charge in [-0.2, -0.15) is 0 Å². The largest absolute Gasteiger partial charge is 0.399 e. The fraction of sp³-hybridized carbons (Fsp3) is 0.500. The van der Waals surface area contributed by atoms with E-state index in [1.807, 2.05) is 12.1 Å². The standard InChI is InChI=1S/C12H19N2O/c13-11-7-6-10(12(14)9-11)5-3-1-2-4-8-15/h6-7,9H,1-5,8,13-14H2. The van der Waals surface area contributed by atoms with E-state index >= 15 is 0 Å². The van der Waals surface area contributed by atoms with Crippen molar-refractivity contribution >= 4 is 11.4 Å². The highest BCUT2D eigenvalue weighted by atomic mass is 16.2. The number of hydrogen-bond donors (Lipinski definition) is 2. The van der Waals surface area contributed by atoms with Crippen molar-refractivity contribution in [2.45, 2.75) is 32.1 Å². The second-order valence-electron chi connectivity index (χ2n) is 3.83. The minimum atomic E-state index is 0.0456. The first-order valence-corrected chi connectivity index (χ1v) is 5.46. The molecule has 1 aromatic rings. The first-order valence-electron chi connectivity index (χ1n) is 5.46. The molecule has 83 valence electrons. The van der Waals surface area contributed by atoms with E-state index in [0.717, 1.165) is 43.4 Å². The van der Waals surface area contributed by atoms with Crippen LogP contribution < -0.4 is 11.5 Å². The van der Waals surface area contributed by atoms with Crippen molar-refractivity contribution in [1.82, 2.24) is 0 Å². The fourth-order valence-electron chi connectivity index (χ4n) is 1.61. The smallest absolute Gasteiger partial charge is 0.0822 e. The molecule has 0 aliphatic heterocycles.